The van der Waals surface area contributed by atoms with Gasteiger partial charge in [0.2, 0.25) is 0 Å². The van der Waals surface area contributed by atoms with Crippen LogP contribution in [0.4, 0.5) is 0 Å². The highest BCUT2D eigenvalue weighted by Crippen LogP contribution is 1.96. The van der Waals surface area contributed by atoms with Crippen LogP contribution in [0.2, 0.25) is 0 Å². The smallest absolute Gasteiger partial charge is 0.0949 e. The van der Waals surface area contributed by atoms with Crippen LogP contribution >= 0.6 is 0 Å². The molecular formula is C10H19N3O. The molecule has 0 aliphatic rings. The van der Waals surface area contributed by atoms with Crippen LogP contribution in [0.15, 0.2) is 12.5 Å². The van der Waals surface area contributed by atoms with E-state index in [0.717, 1.165) is 38.4 Å². The Morgan fingerprint density at radius 3 is 3.14 bits per heavy atom. The summed E-state index contributed by atoms with van der Waals surface area (Å²) in [6.45, 7) is 5.65. The molecule has 0 aromatic carbocycles. The zero-order chi connectivity index (χ0) is 10.2. The van der Waals surface area contributed by atoms with Gasteiger partial charge in [0.1, 0.15) is 0 Å². The molecule has 4 nitrogen and oxygen atoms in total. The number of rotatable bonds is 7. The first-order valence-electron chi connectivity index (χ1n) is 5.07. The number of imidazole rings is 1. The van der Waals surface area contributed by atoms with E-state index in [0.29, 0.717) is 0 Å². The SMILES string of the molecule is CCCn1cnc(CNCCOC)c1. The topological polar surface area (TPSA) is 39.1 Å². The van der Waals surface area contributed by atoms with Gasteiger partial charge in [-0.1, -0.05) is 6.92 Å². The van der Waals surface area contributed by atoms with Crippen LogP contribution in [-0.2, 0) is 17.8 Å². The number of methoxy groups -OCH3 is 1. The Morgan fingerprint density at radius 2 is 2.43 bits per heavy atom. The fourth-order valence-corrected chi connectivity index (χ4v) is 1.27. The van der Waals surface area contributed by atoms with Crippen molar-refractivity contribution in [2.75, 3.05) is 20.3 Å². The van der Waals surface area contributed by atoms with Gasteiger partial charge in [0, 0.05) is 32.9 Å². The third-order valence-electron chi connectivity index (χ3n) is 1.96. The van der Waals surface area contributed by atoms with Gasteiger partial charge in [-0.15, -0.1) is 0 Å². The maximum Gasteiger partial charge on any atom is 0.0949 e. The summed E-state index contributed by atoms with van der Waals surface area (Å²) >= 11 is 0. The summed E-state index contributed by atoms with van der Waals surface area (Å²) in [7, 11) is 1.71. The van der Waals surface area contributed by atoms with Gasteiger partial charge < -0.3 is 14.6 Å². The molecule has 80 valence electrons. The van der Waals surface area contributed by atoms with Crippen molar-refractivity contribution in [3.8, 4) is 0 Å². The predicted molar refractivity (Wildman–Crippen MR) is 56.1 cm³/mol. The maximum absolute atomic E-state index is 4.94. The fraction of sp³-hybridized carbons (Fsp3) is 0.700. The first-order chi connectivity index (χ1) is 6.86. The molecule has 1 aromatic heterocycles. The Labute approximate surface area is 85.3 Å². The molecule has 0 fully saturated rings. The fourth-order valence-electron chi connectivity index (χ4n) is 1.27. The number of hydrogen-bond donors (Lipinski definition) is 1. The molecule has 0 amide bonds. The molecular weight excluding hydrogens is 178 g/mol. The molecule has 0 spiro atoms. The Kier molecular flexibility index (Phi) is 5.25. The van der Waals surface area contributed by atoms with Gasteiger partial charge in [0.05, 0.1) is 18.6 Å². The van der Waals surface area contributed by atoms with Crippen molar-refractivity contribution < 1.29 is 4.74 Å². The number of nitrogens with zero attached hydrogens (tertiary/aromatic N) is 2. The second-order valence-corrected chi connectivity index (χ2v) is 3.27. The lowest BCUT2D eigenvalue weighted by Gasteiger charge is -2.00. The van der Waals surface area contributed by atoms with E-state index < -0.39 is 0 Å². The highest BCUT2D eigenvalue weighted by molar-refractivity contribution is 4.95. The van der Waals surface area contributed by atoms with E-state index in [-0.39, 0.29) is 0 Å². The van der Waals surface area contributed by atoms with Crippen LogP contribution < -0.4 is 5.32 Å². The molecule has 0 saturated carbocycles. The van der Waals surface area contributed by atoms with Crippen LogP contribution in [0.3, 0.4) is 0 Å². The maximum atomic E-state index is 4.94. The van der Waals surface area contributed by atoms with E-state index in [1.807, 2.05) is 6.33 Å². The summed E-state index contributed by atoms with van der Waals surface area (Å²) in [5.41, 5.74) is 1.09. The van der Waals surface area contributed by atoms with E-state index in [1.165, 1.54) is 0 Å². The standard InChI is InChI=1S/C10H19N3O/c1-3-5-13-8-10(12-9-13)7-11-4-6-14-2/h8-9,11H,3-7H2,1-2H3. The molecule has 1 aromatic rings. The van der Waals surface area contributed by atoms with E-state index in [1.54, 1.807) is 7.11 Å². The van der Waals surface area contributed by atoms with Crippen LogP contribution in [-0.4, -0.2) is 29.8 Å². The van der Waals surface area contributed by atoms with E-state index in [4.69, 9.17) is 4.74 Å². The Balaban J connectivity index is 2.22. The average Bonchev–Trinajstić information content (AvgIpc) is 2.61. The van der Waals surface area contributed by atoms with Gasteiger partial charge in [-0.05, 0) is 6.42 Å². The molecule has 14 heavy (non-hydrogen) atoms. The van der Waals surface area contributed by atoms with Crippen LogP contribution in [0, 0.1) is 0 Å². The quantitative estimate of drug-likeness (QED) is 0.664. The van der Waals surface area contributed by atoms with Crippen LogP contribution in [0.1, 0.15) is 19.0 Å². The van der Waals surface area contributed by atoms with Crippen molar-refractivity contribution in [3.63, 3.8) is 0 Å². The number of aryl methyl sites for hydroxylation is 1. The molecule has 0 saturated heterocycles. The third-order valence-corrected chi connectivity index (χ3v) is 1.96. The molecule has 0 radical (unpaired) electrons. The normalized spacial score (nSPS) is 10.7. The summed E-state index contributed by atoms with van der Waals surface area (Å²) in [4.78, 5) is 4.29. The van der Waals surface area contributed by atoms with Crippen molar-refractivity contribution in [3.05, 3.63) is 18.2 Å². The molecule has 1 N–H and O–H groups in total. The Bertz CT molecular complexity index is 247. The minimum Gasteiger partial charge on any atom is -0.383 e. The number of hydrogen-bond acceptors (Lipinski definition) is 3. The van der Waals surface area contributed by atoms with Crippen LogP contribution in [0.5, 0.6) is 0 Å². The van der Waals surface area contributed by atoms with Crippen LogP contribution in [0.25, 0.3) is 0 Å². The Hall–Kier alpha value is -0.870. The summed E-state index contributed by atoms with van der Waals surface area (Å²) in [6, 6.07) is 0. The molecule has 0 bridgehead atoms. The van der Waals surface area contributed by atoms with Crippen molar-refractivity contribution in [2.24, 2.45) is 0 Å². The summed E-state index contributed by atoms with van der Waals surface area (Å²) in [5, 5.41) is 3.26. The summed E-state index contributed by atoms with van der Waals surface area (Å²) in [5.74, 6) is 0. The predicted octanol–water partition coefficient (Wildman–Crippen LogP) is 1.03. The third kappa shape index (κ3) is 3.89. The molecule has 4 heteroatoms. The highest BCUT2D eigenvalue weighted by atomic mass is 16.5. The van der Waals surface area contributed by atoms with Crippen molar-refractivity contribution in [2.45, 2.75) is 26.4 Å². The van der Waals surface area contributed by atoms with Gasteiger partial charge in [0.25, 0.3) is 0 Å². The lowest BCUT2D eigenvalue weighted by atomic mass is 10.4. The van der Waals surface area contributed by atoms with Gasteiger partial charge in [-0.25, -0.2) is 4.98 Å². The van der Waals surface area contributed by atoms with E-state index in [2.05, 4.69) is 28.0 Å². The van der Waals surface area contributed by atoms with Crippen molar-refractivity contribution >= 4 is 0 Å². The lowest BCUT2D eigenvalue weighted by molar-refractivity contribution is 0.199. The molecule has 0 aliphatic heterocycles. The molecule has 1 heterocycles. The number of aromatic nitrogens is 2. The zero-order valence-electron chi connectivity index (χ0n) is 8.99. The van der Waals surface area contributed by atoms with Gasteiger partial charge in [-0.2, -0.15) is 0 Å². The first kappa shape index (κ1) is 11.2. The molecule has 0 aliphatic carbocycles. The average molecular weight is 197 g/mol. The van der Waals surface area contributed by atoms with Crippen molar-refractivity contribution in [1.29, 1.82) is 0 Å². The van der Waals surface area contributed by atoms with E-state index >= 15 is 0 Å². The zero-order valence-corrected chi connectivity index (χ0v) is 8.99. The number of ether oxygens (including phenoxy) is 1. The lowest BCUT2D eigenvalue weighted by Crippen LogP contribution is -2.18. The highest BCUT2D eigenvalue weighted by Gasteiger charge is 1.96. The minimum atomic E-state index is 0.746. The minimum absolute atomic E-state index is 0.746. The largest absolute Gasteiger partial charge is 0.383 e. The van der Waals surface area contributed by atoms with Crippen molar-refractivity contribution in [1.82, 2.24) is 14.9 Å². The first-order valence-corrected chi connectivity index (χ1v) is 5.07. The second-order valence-electron chi connectivity index (χ2n) is 3.27. The molecule has 1 rings (SSSR count). The second kappa shape index (κ2) is 6.56. The van der Waals surface area contributed by atoms with E-state index in [9.17, 15) is 0 Å². The molecule has 0 unspecified atom stereocenters. The van der Waals surface area contributed by atoms with Gasteiger partial charge >= 0.3 is 0 Å². The number of nitrogens with one attached hydrogen (secondary N) is 1. The van der Waals surface area contributed by atoms with Gasteiger partial charge in [0.15, 0.2) is 0 Å². The van der Waals surface area contributed by atoms with Gasteiger partial charge in [-0.3, -0.25) is 0 Å². The summed E-state index contributed by atoms with van der Waals surface area (Å²) < 4.78 is 7.05. The monoisotopic (exact) mass is 197 g/mol. The molecule has 0 atom stereocenters. The summed E-state index contributed by atoms with van der Waals surface area (Å²) in [6.07, 6.45) is 5.12. The Morgan fingerprint density at radius 1 is 1.57 bits per heavy atom.